The lowest BCUT2D eigenvalue weighted by Crippen LogP contribution is -2.36. The number of carbonyl (C=O) groups excluding carboxylic acids is 3. The Morgan fingerprint density at radius 1 is 1.00 bits per heavy atom. The molecule has 0 unspecified atom stereocenters. The third-order valence-electron chi connectivity index (χ3n) is 5.43. The quantitative estimate of drug-likeness (QED) is 0.452. The molecule has 0 aliphatic carbocycles. The zero-order chi connectivity index (χ0) is 20.7. The van der Waals surface area contributed by atoms with Gasteiger partial charge in [-0.15, -0.1) is 11.3 Å². The highest BCUT2D eigenvalue weighted by Gasteiger charge is 2.36. The summed E-state index contributed by atoms with van der Waals surface area (Å²) in [6.45, 7) is 1.70. The first-order valence-corrected chi connectivity index (χ1v) is 11.7. The molecule has 1 aromatic heterocycles. The first-order chi connectivity index (χ1) is 14.6. The van der Waals surface area contributed by atoms with Gasteiger partial charge in [-0.2, -0.15) is 0 Å². The molecular weight excluding hydrogens is 418 g/mol. The van der Waals surface area contributed by atoms with E-state index >= 15 is 0 Å². The number of carbonyl (C=O) groups is 3. The average Bonchev–Trinajstić information content (AvgIpc) is 3.30. The number of imide groups is 1. The normalized spacial score (nSPS) is 16.4. The maximum absolute atomic E-state index is 12.7. The number of aromatic nitrogens is 1. The van der Waals surface area contributed by atoms with Crippen LogP contribution in [-0.4, -0.2) is 46.4 Å². The SMILES string of the molecule is O=C(CSc1nc2ccc(N3C(=O)c4ccccc4C3=O)cc2s1)N1CCCCC1. The van der Waals surface area contributed by atoms with Crippen LogP contribution in [0.3, 0.4) is 0 Å². The summed E-state index contributed by atoms with van der Waals surface area (Å²) in [5.74, 6) is -0.0708. The summed E-state index contributed by atoms with van der Waals surface area (Å²) >= 11 is 2.92. The minimum absolute atomic E-state index is 0.158. The summed E-state index contributed by atoms with van der Waals surface area (Å²) in [5, 5.41) is 0. The van der Waals surface area contributed by atoms with Crippen molar-refractivity contribution in [1.82, 2.24) is 9.88 Å². The van der Waals surface area contributed by atoms with E-state index in [1.54, 1.807) is 30.3 Å². The van der Waals surface area contributed by atoms with Gasteiger partial charge in [0.05, 0.1) is 32.8 Å². The summed E-state index contributed by atoms with van der Waals surface area (Å²) in [5.41, 5.74) is 2.20. The van der Waals surface area contributed by atoms with Gasteiger partial charge in [0.15, 0.2) is 4.34 Å². The summed E-state index contributed by atoms with van der Waals surface area (Å²) < 4.78 is 1.70. The van der Waals surface area contributed by atoms with Gasteiger partial charge in [-0.3, -0.25) is 14.4 Å². The van der Waals surface area contributed by atoms with E-state index in [0.717, 1.165) is 40.5 Å². The van der Waals surface area contributed by atoms with Crippen LogP contribution in [0.15, 0.2) is 46.8 Å². The minimum atomic E-state index is -0.304. The molecule has 0 atom stereocenters. The van der Waals surface area contributed by atoms with E-state index < -0.39 is 0 Å². The average molecular weight is 438 g/mol. The van der Waals surface area contributed by atoms with E-state index in [2.05, 4.69) is 4.98 Å². The zero-order valence-electron chi connectivity index (χ0n) is 16.2. The molecule has 0 radical (unpaired) electrons. The maximum atomic E-state index is 12.7. The van der Waals surface area contributed by atoms with Crippen molar-refractivity contribution < 1.29 is 14.4 Å². The molecule has 3 heterocycles. The topological polar surface area (TPSA) is 70.6 Å². The van der Waals surface area contributed by atoms with Crippen LogP contribution >= 0.6 is 23.1 Å². The third-order valence-corrected chi connectivity index (χ3v) is 7.58. The van der Waals surface area contributed by atoms with Crippen LogP contribution in [0.1, 0.15) is 40.0 Å². The number of rotatable bonds is 4. The first-order valence-electron chi connectivity index (χ1n) is 9.91. The van der Waals surface area contributed by atoms with Crippen LogP contribution < -0.4 is 4.90 Å². The Morgan fingerprint density at radius 3 is 2.40 bits per heavy atom. The van der Waals surface area contributed by atoms with Gasteiger partial charge in [-0.25, -0.2) is 9.88 Å². The molecule has 1 fully saturated rings. The molecule has 2 aliphatic rings. The number of benzene rings is 2. The number of fused-ring (bicyclic) bond motifs is 2. The van der Waals surface area contributed by atoms with Gasteiger partial charge in [0.2, 0.25) is 5.91 Å². The zero-order valence-corrected chi connectivity index (χ0v) is 17.8. The molecule has 2 aliphatic heterocycles. The molecule has 1 saturated heterocycles. The van der Waals surface area contributed by atoms with E-state index in [0.29, 0.717) is 22.6 Å². The molecule has 0 saturated carbocycles. The molecule has 0 bridgehead atoms. The fourth-order valence-electron chi connectivity index (χ4n) is 3.87. The molecule has 152 valence electrons. The first kappa shape index (κ1) is 19.3. The van der Waals surface area contributed by atoms with Gasteiger partial charge >= 0.3 is 0 Å². The number of hydrogen-bond acceptors (Lipinski definition) is 6. The standard InChI is InChI=1S/C22H19N3O3S2/c26-19(24-10-4-1-5-11-24)13-29-22-23-17-9-8-14(12-18(17)30-22)25-20(27)15-6-2-3-7-16(15)21(25)28/h2-3,6-9,12H,1,4-5,10-11,13H2. The second kappa shape index (κ2) is 7.85. The second-order valence-corrected chi connectivity index (χ2v) is 9.61. The van der Waals surface area contributed by atoms with Crippen molar-refractivity contribution in [3.63, 3.8) is 0 Å². The minimum Gasteiger partial charge on any atom is -0.342 e. The Balaban J connectivity index is 1.34. The fraction of sp³-hybridized carbons (Fsp3) is 0.273. The number of piperidine rings is 1. The Morgan fingerprint density at radius 2 is 1.70 bits per heavy atom. The smallest absolute Gasteiger partial charge is 0.266 e. The molecule has 3 amide bonds. The highest BCUT2D eigenvalue weighted by molar-refractivity contribution is 8.01. The van der Waals surface area contributed by atoms with Crippen molar-refractivity contribution in [1.29, 1.82) is 0 Å². The molecule has 8 heteroatoms. The predicted octanol–water partition coefficient (Wildman–Crippen LogP) is 4.20. The lowest BCUT2D eigenvalue weighted by molar-refractivity contribution is -0.129. The van der Waals surface area contributed by atoms with Crippen LogP contribution in [0.5, 0.6) is 0 Å². The number of nitrogens with zero attached hydrogens (tertiary/aromatic N) is 3. The number of thiazole rings is 1. The monoisotopic (exact) mass is 437 g/mol. The van der Waals surface area contributed by atoms with Crippen LogP contribution in [0.25, 0.3) is 10.2 Å². The molecule has 2 aromatic carbocycles. The van der Waals surface area contributed by atoms with Gasteiger partial charge < -0.3 is 4.90 Å². The van der Waals surface area contributed by atoms with E-state index in [1.807, 2.05) is 17.0 Å². The van der Waals surface area contributed by atoms with Gasteiger partial charge in [-0.05, 0) is 49.6 Å². The van der Waals surface area contributed by atoms with Gasteiger partial charge in [-0.1, -0.05) is 23.9 Å². The van der Waals surface area contributed by atoms with Gasteiger partial charge in [0.1, 0.15) is 0 Å². The lowest BCUT2D eigenvalue weighted by Gasteiger charge is -2.26. The number of thioether (sulfide) groups is 1. The van der Waals surface area contributed by atoms with Gasteiger partial charge in [0, 0.05) is 13.1 Å². The Hall–Kier alpha value is -2.71. The van der Waals surface area contributed by atoms with Crippen LogP contribution in [0.2, 0.25) is 0 Å². The summed E-state index contributed by atoms with van der Waals surface area (Å²) in [6, 6.07) is 12.3. The largest absolute Gasteiger partial charge is 0.342 e. The highest BCUT2D eigenvalue weighted by atomic mass is 32.2. The Bertz CT molecular complexity index is 1130. The summed E-state index contributed by atoms with van der Waals surface area (Å²) in [7, 11) is 0. The molecular formula is C22H19N3O3S2. The third kappa shape index (κ3) is 3.40. The summed E-state index contributed by atoms with van der Waals surface area (Å²) in [6.07, 6.45) is 3.36. The van der Waals surface area contributed by atoms with Crippen LogP contribution in [0, 0.1) is 0 Å². The van der Waals surface area contributed by atoms with Crippen LogP contribution in [0.4, 0.5) is 5.69 Å². The van der Waals surface area contributed by atoms with Crippen molar-refractivity contribution in [3.05, 3.63) is 53.6 Å². The Kier molecular flexibility index (Phi) is 5.04. The van der Waals surface area contributed by atoms with Crippen molar-refractivity contribution in [2.24, 2.45) is 0 Å². The number of anilines is 1. The van der Waals surface area contributed by atoms with Crippen molar-refractivity contribution in [2.75, 3.05) is 23.7 Å². The van der Waals surface area contributed by atoms with E-state index in [4.69, 9.17) is 0 Å². The molecule has 30 heavy (non-hydrogen) atoms. The lowest BCUT2D eigenvalue weighted by atomic mass is 10.1. The predicted molar refractivity (Wildman–Crippen MR) is 118 cm³/mol. The van der Waals surface area contributed by atoms with E-state index in [-0.39, 0.29) is 17.7 Å². The number of likely N-dealkylation sites (tertiary alicyclic amines) is 1. The van der Waals surface area contributed by atoms with Crippen molar-refractivity contribution >= 4 is 56.7 Å². The maximum Gasteiger partial charge on any atom is 0.266 e. The fourth-order valence-corrected chi connectivity index (χ4v) is 5.88. The van der Waals surface area contributed by atoms with Crippen LogP contribution in [-0.2, 0) is 4.79 Å². The number of hydrogen-bond donors (Lipinski definition) is 0. The molecule has 5 rings (SSSR count). The molecule has 3 aromatic rings. The van der Waals surface area contributed by atoms with E-state index in [1.165, 1.54) is 34.4 Å². The van der Waals surface area contributed by atoms with Crippen molar-refractivity contribution in [3.8, 4) is 0 Å². The highest BCUT2D eigenvalue weighted by Crippen LogP contribution is 2.35. The van der Waals surface area contributed by atoms with Gasteiger partial charge in [0.25, 0.3) is 11.8 Å². The Labute approximate surface area is 181 Å². The number of amides is 3. The van der Waals surface area contributed by atoms with Crippen molar-refractivity contribution in [2.45, 2.75) is 23.6 Å². The molecule has 0 spiro atoms. The molecule has 6 nitrogen and oxygen atoms in total. The molecule has 0 N–H and O–H groups in total. The second-order valence-electron chi connectivity index (χ2n) is 7.35. The van der Waals surface area contributed by atoms with E-state index in [9.17, 15) is 14.4 Å². The summed E-state index contributed by atoms with van der Waals surface area (Å²) in [4.78, 5) is 45.6.